The Labute approximate surface area is 134 Å². The normalized spacial score (nSPS) is 18.6. The first-order chi connectivity index (χ1) is 10.3. The Morgan fingerprint density at radius 1 is 0.667 bits per heavy atom. The first-order valence-corrected chi connectivity index (χ1v) is 10.0. The van der Waals surface area contributed by atoms with E-state index in [2.05, 4.69) is 6.92 Å². The molecular weight excluding hydrogens is 254 g/mol. The second-order valence-corrected chi connectivity index (χ2v) is 7.55. The highest BCUT2D eigenvalue weighted by atomic mass is 14.6. The van der Waals surface area contributed by atoms with Crippen LogP contribution < -0.4 is 5.73 Å². The predicted molar refractivity (Wildman–Crippen MR) is 95.7 cm³/mol. The fourth-order valence-corrected chi connectivity index (χ4v) is 4.02. The molecule has 0 amide bonds. The molecule has 0 bridgehead atoms. The molecule has 2 N–H and O–H groups in total. The summed E-state index contributed by atoms with van der Waals surface area (Å²) in [6.45, 7) is 3.23. The summed E-state index contributed by atoms with van der Waals surface area (Å²) in [5.41, 5.74) is 6.65. The molecule has 1 rings (SSSR count). The van der Waals surface area contributed by atoms with Crippen LogP contribution in [0.1, 0.15) is 116 Å². The van der Waals surface area contributed by atoms with E-state index in [0.717, 1.165) is 6.54 Å². The van der Waals surface area contributed by atoms with Gasteiger partial charge in [0.1, 0.15) is 0 Å². The van der Waals surface area contributed by atoms with Crippen LogP contribution in [0.4, 0.5) is 0 Å². The molecule has 1 nitrogen and oxygen atoms in total. The number of unbranched alkanes of at least 4 members (excludes halogenated alkanes) is 9. The van der Waals surface area contributed by atoms with Gasteiger partial charge in [0.15, 0.2) is 0 Å². The molecule has 0 aromatic rings. The van der Waals surface area contributed by atoms with Crippen LogP contribution in [-0.4, -0.2) is 6.54 Å². The van der Waals surface area contributed by atoms with Crippen molar-refractivity contribution in [2.45, 2.75) is 116 Å². The molecule has 1 heteroatoms. The van der Waals surface area contributed by atoms with E-state index >= 15 is 0 Å². The number of nitrogens with two attached hydrogens (primary N) is 1. The van der Waals surface area contributed by atoms with Crippen molar-refractivity contribution in [2.75, 3.05) is 6.54 Å². The Kier molecular flexibility index (Phi) is 11.3. The smallest absolute Gasteiger partial charge is 0.00205 e. The van der Waals surface area contributed by atoms with E-state index in [4.69, 9.17) is 5.73 Å². The summed E-state index contributed by atoms with van der Waals surface area (Å²) in [7, 11) is 0. The Morgan fingerprint density at radius 3 is 1.62 bits per heavy atom. The second-order valence-electron chi connectivity index (χ2n) is 7.55. The average molecular weight is 296 g/mol. The lowest BCUT2D eigenvalue weighted by Crippen LogP contribution is -2.30. The summed E-state index contributed by atoms with van der Waals surface area (Å²) in [5.74, 6) is 0. The van der Waals surface area contributed by atoms with Crippen LogP contribution in [0.2, 0.25) is 0 Å². The van der Waals surface area contributed by atoms with E-state index in [1.165, 1.54) is 109 Å². The minimum Gasteiger partial charge on any atom is -0.330 e. The molecule has 0 aromatic heterocycles. The molecule has 0 atom stereocenters. The zero-order chi connectivity index (χ0) is 15.2. The minimum absolute atomic E-state index is 0.524. The van der Waals surface area contributed by atoms with Crippen molar-refractivity contribution < 1.29 is 0 Å². The summed E-state index contributed by atoms with van der Waals surface area (Å²) in [5, 5.41) is 0. The van der Waals surface area contributed by atoms with Gasteiger partial charge in [-0.2, -0.15) is 0 Å². The van der Waals surface area contributed by atoms with Gasteiger partial charge in [-0.15, -0.1) is 0 Å². The lowest BCUT2D eigenvalue weighted by Gasteiger charge is -2.31. The summed E-state index contributed by atoms with van der Waals surface area (Å²) < 4.78 is 0. The van der Waals surface area contributed by atoms with Crippen LogP contribution in [-0.2, 0) is 0 Å². The van der Waals surface area contributed by atoms with Crippen LogP contribution in [0.3, 0.4) is 0 Å². The number of hydrogen-bond donors (Lipinski definition) is 1. The predicted octanol–water partition coefficient (Wildman–Crippen LogP) is 6.60. The third kappa shape index (κ3) is 8.86. The van der Waals surface area contributed by atoms with Crippen LogP contribution in [0.25, 0.3) is 0 Å². The van der Waals surface area contributed by atoms with Crippen molar-refractivity contribution >= 4 is 0 Å². The van der Waals surface area contributed by atoms with Crippen molar-refractivity contribution in [1.29, 1.82) is 0 Å². The van der Waals surface area contributed by atoms with Gasteiger partial charge in [-0.05, 0) is 31.2 Å². The minimum atomic E-state index is 0.524. The maximum Gasteiger partial charge on any atom is -0.00205 e. The van der Waals surface area contributed by atoms with E-state index in [1.54, 1.807) is 0 Å². The zero-order valence-electron chi connectivity index (χ0n) is 14.8. The molecule has 126 valence electrons. The summed E-state index contributed by atoms with van der Waals surface area (Å²) in [6, 6.07) is 0. The maximum atomic E-state index is 6.13. The highest BCUT2D eigenvalue weighted by Crippen LogP contribution is 2.38. The van der Waals surface area contributed by atoms with Gasteiger partial charge in [0.05, 0.1) is 0 Å². The maximum absolute atomic E-state index is 6.13. The Morgan fingerprint density at radius 2 is 1.14 bits per heavy atom. The lowest BCUT2D eigenvalue weighted by molar-refractivity contribution is 0.224. The summed E-state index contributed by atoms with van der Waals surface area (Å²) in [4.78, 5) is 0. The van der Waals surface area contributed by atoms with Gasteiger partial charge in [-0.3, -0.25) is 0 Å². The first-order valence-electron chi connectivity index (χ1n) is 10.0. The molecule has 0 aromatic carbocycles. The molecular formula is C20H41N. The Hall–Kier alpha value is -0.0400. The summed E-state index contributed by atoms with van der Waals surface area (Å²) >= 11 is 0. The monoisotopic (exact) mass is 295 g/mol. The molecule has 1 saturated carbocycles. The van der Waals surface area contributed by atoms with E-state index < -0.39 is 0 Å². The fraction of sp³-hybridized carbons (Fsp3) is 1.00. The van der Waals surface area contributed by atoms with Gasteiger partial charge < -0.3 is 5.73 Å². The number of hydrogen-bond acceptors (Lipinski definition) is 1. The van der Waals surface area contributed by atoms with Gasteiger partial charge >= 0.3 is 0 Å². The van der Waals surface area contributed by atoms with Crippen LogP contribution in [0.15, 0.2) is 0 Å². The topological polar surface area (TPSA) is 26.0 Å². The molecule has 0 aliphatic heterocycles. The van der Waals surface area contributed by atoms with E-state index in [1.807, 2.05) is 0 Å². The van der Waals surface area contributed by atoms with Crippen LogP contribution in [0, 0.1) is 5.41 Å². The van der Waals surface area contributed by atoms with E-state index in [-0.39, 0.29) is 0 Å². The van der Waals surface area contributed by atoms with Crippen molar-refractivity contribution in [3.8, 4) is 0 Å². The van der Waals surface area contributed by atoms with E-state index in [0.29, 0.717) is 5.41 Å². The molecule has 0 unspecified atom stereocenters. The van der Waals surface area contributed by atoms with Gasteiger partial charge in [-0.25, -0.2) is 0 Å². The molecule has 1 aliphatic rings. The lowest BCUT2D eigenvalue weighted by atomic mass is 9.76. The zero-order valence-corrected chi connectivity index (χ0v) is 14.8. The quantitative estimate of drug-likeness (QED) is 0.319. The van der Waals surface area contributed by atoms with Gasteiger partial charge in [0.2, 0.25) is 0 Å². The third-order valence-electron chi connectivity index (χ3n) is 5.66. The van der Waals surface area contributed by atoms with Crippen molar-refractivity contribution in [3.63, 3.8) is 0 Å². The molecule has 0 radical (unpaired) electrons. The molecule has 1 fully saturated rings. The largest absolute Gasteiger partial charge is 0.330 e. The van der Waals surface area contributed by atoms with Crippen LogP contribution in [0.5, 0.6) is 0 Å². The van der Waals surface area contributed by atoms with Crippen molar-refractivity contribution in [2.24, 2.45) is 11.1 Å². The van der Waals surface area contributed by atoms with E-state index in [9.17, 15) is 0 Å². The van der Waals surface area contributed by atoms with Crippen LogP contribution >= 0.6 is 0 Å². The average Bonchev–Trinajstić information content (AvgIpc) is 2.75. The molecule has 0 spiro atoms. The summed E-state index contributed by atoms with van der Waals surface area (Å²) in [6.07, 6.45) is 24.4. The third-order valence-corrected chi connectivity index (χ3v) is 5.66. The number of rotatable bonds is 12. The SMILES string of the molecule is CCCCCCCCCCCCC1(CN)CCCCCC1. The molecule has 0 saturated heterocycles. The molecule has 0 heterocycles. The van der Waals surface area contributed by atoms with Gasteiger partial charge in [-0.1, -0.05) is 96.8 Å². The van der Waals surface area contributed by atoms with Crippen molar-refractivity contribution in [1.82, 2.24) is 0 Å². The fourth-order valence-electron chi connectivity index (χ4n) is 4.02. The molecule has 21 heavy (non-hydrogen) atoms. The Bertz CT molecular complexity index is 216. The molecule has 1 aliphatic carbocycles. The van der Waals surface area contributed by atoms with Gasteiger partial charge in [0.25, 0.3) is 0 Å². The highest BCUT2D eigenvalue weighted by Gasteiger charge is 2.28. The van der Waals surface area contributed by atoms with Gasteiger partial charge in [0, 0.05) is 0 Å². The second kappa shape index (κ2) is 12.5. The Balaban J connectivity index is 1.97. The van der Waals surface area contributed by atoms with Crippen molar-refractivity contribution in [3.05, 3.63) is 0 Å². The highest BCUT2D eigenvalue weighted by molar-refractivity contribution is 4.82. The standard InChI is InChI=1S/C20H41N/c1-2-3-4-5-6-7-8-9-10-13-16-20(19-21)17-14-11-12-15-18-20/h2-19,21H2,1H3. The first kappa shape index (κ1) is 19.0.